The van der Waals surface area contributed by atoms with E-state index in [4.69, 9.17) is 4.74 Å². The normalized spacial score (nSPS) is 19.7. The second-order valence-electron chi connectivity index (χ2n) is 6.77. The third-order valence-corrected chi connectivity index (χ3v) is 3.91. The van der Waals surface area contributed by atoms with Gasteiger partial charge in [-0.1, -0.05) is 12.1 Å². The van der Waals surface area contributed by atoms with E-state index in [0.717, 1.165) is 11.3 Å². The van der Waals surface area contributed by atoms with Crippen molar-refractivity contribution in [2.75, 3.05) is 25.5 Å². The molecular formula is C18H26N2O4. The van der Waals surface area contributed by atoms with Crippen molar-refractivity contribution in [3.8, 4) is 0 Å². The van der Waals surface area contributed by atoms with Crippen molar-refractivity contribution in [3.05, 3.63) is 29.8 Å². The Morgan fingerprint density at radius 2 is 2.00 bits per heavy atom. The highest BCUT2D eigenvalue weighted by Gasteiger charge is 2.33. The number of carbonyl (C=O) groups is 2. The Hall–Kier alpha value is -2.08. The van der Waals surface area contributed by atoms with E-state index in [1.807, 2.05) is 45.0 Å². The number of aryl methyl sites for hydroxylation is 1. The van der Waals surface area contributed by atoms with Crippen LogP contribution in [0, 0.1) is 0 Å². The van der Waals surface area contributed by atoms with Gasteiger partial charge < -0.3 is 19.7 Å². The predicted octanol–water partition coefficient (Wildman–Crippen LogP) is 2.82. The highest BCUT2D eigenvalue weighted by Crippen LogP contribution is 2.21. The third kappa shape index (κ3) is 5.23. The maximum Gasteiger partial charge on any atom is 0.322 e. The highest BCUT2D eigenvalue weighted by molar-refractivity contribution is 5.89. The number of anilines is 1. The van der Waals surface area contributed by atoms with Gasteiger partial charge in [0, 0.05) is 18.7 Å². The van der Waals surface area contributed by atoms with Crippen LogP contribution in [0.4, 0.5) is 10.5 Å². The number of benzene rings is 1. The molecule has 1 unspecified atom stereocenters. The van der Waals surface area contributed by atoms with Gasteiger partial charge in [0.05, 0.1) is 25.4 Å². The number of carbonyl (C=O) groups excluding carboxylic acids is 2. The number of urea groups is 1. The number of hydrogen-bond acceptors (Lipinski definition) is 4. The Labute approximate surface area is 143 Å². The zero-order valence-electron chi connectivity index (χ0n) is 14.8. The van der Waals surface area contributed by atoms with Gasteiger partial charge in [-0.15, -0.1) is 0 Å². The SMILES string of the molecule is COC(=O)CCc1ccc(NC(=O)N2CC(C)OC(C)(C)C2)cc1. The minimum Gasteiger partial charge on any atom is -0.469 e. The first-order chi connectivity index (χ1) is 11.3. The van der Waals surface area contributed by atoms with E-state index in [9.17, 15) is 9.59 Å². The van der Waals surface area contributed by atoms with Crippen molar-refractivity contribution in [3.63, 3.8) is 0 Å². The van der Waals surface area contributed by atoms with Crippen LogP contribution in [0.15, 0.2) is 24.3 Å². The lowest BCUT2D eigenvalue weighted by Crippen LogP contribution is -2.54. The molecule has 1 heterocycles. The van der Waals surface area contributed by atoms with E-state index in [2.05, 4.69) is 10.1 Å². The van der Waals surface area contributed by atoms with Crippen molar-refractivity contribution >= 4 is 17.7 Å². The zero-order chi connectivity index (χ0) is 17.7. The van der Waals surface area contributed by atoms with Gasteiger partial charge in [0.2, 0.25) is 0 Å². The third-order valence-electron chi connectivity index (χ3n) is 3.91. The molecule has 1 saturated heterocycles. The zero-order valence-corrected chi connectivity index (χ0v) is 14.8. The molecule has 1 N–H and O–H groups in total. The number of nitrogens with zero attached hydrogens (tertiary/aromatic N) is 1. The predicted molar refractivity (Wildman–Crippen MR) is 92.0 cm³/mol. The lowest BCUT2D eigenvalue weighted by molar-refractivity contribution is -0.140. The summed E-state index contributed by atoms with van der Waals surface area (Å²) in [6.45, 7) is 7.07. The first-order valence-electron chi connectivity index (χ1n) is 8.18. The standard InChI is InChI=1S/C18H26N2O4/c1-13-11-20(12-18(2,3)24-13)17(22)19-15-8-5-14(6-9-15)7-10-16(21)23-4/h5-6,8-9,13H,7,10-12H2,1-4H3,(H,19,22). The topological polar surface area (TPSA) is 67.9 Å². The molecule has 6 nitrogen and oxygen atoms in total. The van der Waals surface area contributed by atoms with Crippen molar-refractivity contribution in [2.45, 2.75) is 45.3 Å². The maximum atomic E-state index is 12.4. The van der Waals surface area contributed by atoms with Gasteiger partial charge in [0.15, 0.2) is 0 Å². The Morgan fingerprint density at radius 3 is 2.58 bits per heavy atom. The van der Waals surface area contributed by atoms with Crippen molar-refractivity contribution < 1.29 is 19.1 Å². The van der Waals surface area contributed by atoms with Gasteiger partial charge in [-0.25, -0.2) is 4.79 Å². The number of morpholine rings is 1. The van der Waals surface area contributed by atoms with Crippen LogP contribution >= 0.6 is 0 Å². The lowest BCUT2D eigenvalue weighted by Gasteiger charge is -2.41. The molecule has 1 aliphatic heterocycles. The fraction of sp³-hybridized carbons (Fsp3) is 0.556. The van der Waals surface area contributed by atoms with Gasteiger partial charge in [0.1, 0.15) is 0 Å². The lowest BCUT2D eigenvalue weighted by atomic mass is 10.1. The summed E-state index contributed by atoms with van der Waals surface area (Å²) in [6, 6.07) is 7.38. The first kappa shape index (κ1) is 18.3. The molecule has 6 heteroatoms. The summed E-state index contributed by atoms with van der Waals surface area (Å²) in [7, 11) is 1.38. The van der Waals surface area contributed by atoms with Crippen molar-refractivity contribution in [1.82, 2.24) is 4.90 Å². The van der Waals surface area contributed by atoms with Crippen LogP contribution in [0.1, 0.15) is 32.8 Å². The smallest absolute Gasteiger partial charge is 0.322 e. The quantitative estimate of drug-likeness (QED) is 0.860. The summed E-state index contributed by atoms with van der Waals surface area (Å²) >= 11 is 0. The van der Waals surface area contributed by atoms with Crippen LogP contribution in [-0.4, -0.2) is 48.8 Å². The van der Waals surface area contributed by atoms with Gasteiger partial charge in [-0.2, -0.15) is 0 Å². The van der Waals surface area contributed by atoms with Crippen LogP contribution < -0.4 is 5.32 Å². The summed E-state index contributed by atoms with van der Waals surface area (Å²) in [5.74, 6) is -0.226. The molecule has 1 aromatic rings. The van der Waals surface area contributed by atoms with Crippen LogP contribution in [0.2, 0.25) is 0 Å². The summed E-state index contributed by atoms with van der Waals surface area (Å²) < 4.78 is 10.4. The number of methoxy groups -OCH3 is 1. The van der Waals surface area contributed by atoms with E-state index in [0.29, 0.717) is 25.9 Å². The Kier molecular flexibility index (Phi) is 5.83. The van der Waals surface area contributed by atoms with Crippen molar-refractivity contribution in [2.24, 2.45) is 0 Å². The van der Waals surface area contributed by atoms with E-state index in [1.165, 1.54) is 7.11 Å². The molecule has 132 valence electrons. The van der Waals surface area contributed by atoms with E-state index < -0.39 is 0 Å². The molecule has 2 rings (SSSR count). The second kappa shape index (κ2) is 7.66. The molecule has 2 amide bonds. The molecule has 0 aromatic heterocycles. The number of ether oxygens (including phenoxy) is 2. The summed E-state index contributed by atoms with van der Waals surface area (Å²) in [5.41, 5.74) is 1.42. The summed E-state index contributed by atoms with van der Waals surface area (Å²) in [6.07, 6.45) is 0.985. The molecule has 0 saturated carbocycles. The van der Waals surface area contributed by atoms with E-state index in [-0.39, 0.29) is 23.7 Å². The number of esters is 1. The highest BCUT2D eigenvalue weighted by atomic mass is 16.5. The van der Waals surface area contributed by atoms with E-state index >= 15 is 0 Å². The van der Waals surface area contributed by atoms with Gasteiger partial charge >= 0.3 is 12.0 Å². The number of nitrogens with one attached hydrogen (secondary N) is 1. The second-order valence-corrected chi connectivity index (χ2v) is 6.77. The Balaban J connectivity index is 1.91. The molecule has 0 aliphatic carbocycles. The fourth-order valence-electron chi connectivity index (χ4n) is 2.91. The number of amides is 2. The van der Waals surface area contributed by atoms with Gasteiger partial charge in [0.25, 0.3) is 0 Å². The fourth-order valence-corrected chi connectivity index (χ4v) is 2.91. The van der Waals surface area contributed by atoms with Crippen LogP contribution in [0.3, 0.4) is 0 Å². The van der Waals surface area contributed by atoms with Crippen LogP contribution in [0.5, 0.6) is 0 Å². The van der Waals surface area contributed by atoms with Crippen LogP contribution in [-0.2, 0) is 20.7 Å². The molecule has 0 radical (unpaired) electrons. The van der Waals surface area contributed by atoms with Crippen LogP contribution in [0.25, 0.3) is 0 Å². The summed E-state index contributed by atoms with van der Waals surface area (Å²) in [4.78, 5) is 25.4. The van der Waals surface area contributed by atoms with Gasteiger partial charge in [-0.05, 0) is 44.9 Å². The molecule has 24 heavy (non-hydrogen) atoms. The Bertz CT molecular complexity index is 583. The molecular weight excluding hydrogens is 308 g/mol. The average Bonchev–Trinajstić information content (AvgIpc) is 2.52. The van der Waals surface area contributed by atoms with E-state index in [1.54, 1.807) is 4.90 Å². The molecule has 1 atom stereocenters. The monoisotopic (exact) mass is 334 g/mol. The molecule has 1 aromatic carbocycles. The molecule has 0 spiro atoms. The minimum atomic E-state index is -0.341. The van der Waals surface area contributed by atoms with Gasteiger partial charge in [-0.3, -0.25) is 4.79 Å². The largest absolute Gasteiger partial charge is 0.469 e. The number of hydrogen-bond donors (Lipinski definition) is 1. The molecule has 1 aliphatic rings. The summed E-state index contributed by atoms with van der Waals surface area (Å²) in [5, 5.41) is 2.91. The minimum absolute atomic E-state index is 0.0141. The number of rotatable bonds is 4. The first-order valence-corrected chi connectivity index (χ1v) is 8.18. The Morgan fingerprint density at radius 1 is 1.33 bits per heavy atom. The maximum absolute atomic E-state index is 12.4. The molecule has 0 bridgehead atoms. The average molecular weight is 334 g/mol. The van der Waals surface area contributed by atoms with Crippen molar-refractivity contribution in [1.29, 1.82) is 0 Å². The molecule has 1 fully saturated rings.